The van der Waals surface area contributed by atoms with Gasteiger partial charge in [-0.1, -0.05) is 73.8 Å². The molecule has 4 heteroatoms. The first-order valence-corrected chi connectivity index (χ1v) is 10.4. The lowest BCUT2D eigenvalue weighted by atomic mass is 9.97. The quantitative estimate of drug-likeness (QED) is 0.371. The lowest BCUT2D eigenvalue weighted by Gasteiger charge is -2.20. The minimum absolute atomic E-state index is 0.137. The van der Waals surface area contributed by atoms with Gasteiger partial charge in [-0.3, -0.25) is 0 Å². The summed E-state index contributed by atoms with van der Waals surface area (Å²) in [4.78, 5) is 25.3. The lowest BCUT2D eigenvalue weighted by Crippen LogP contribution is -2.22. The largest absolute Gasteiger partial charge is 0.462 e. The topological polar surface area (TPSA) is 52.6 Å². The highest BCUT2D eigenvalue weighted by Gasteiger charge is 2.23. The van der Waals surface area contributed by atoms with Gasteiger partial charge in [0.05, 0.1) is 24.3 Å². The number of hydrogen-bond acceptors (Lipinski definition) is 4. The maximum Gasteiger partial charge on any atom is 0.339 e. The molecule has 0 fully saturated rings. The first kappa shape index (κ1) is 24.2. The Kier molecular flexibility index (Phi) is 9.19. The number of carbonyl (C=O) groups is 2. The smallest absolute Gasteiger partial charge is 0.339 e. The van der Waals surface area contributed by atoms with Crippen molar-refractivity contribution in [1.82, 2.24) is 0 Å². The Bertz CT molecular complexity index is 648. The zero-order valence-electron chi connectivity index (χ0n) is 18.8. The van der Waals surface area contributed by atoms with Crippen molar-refractivity contribution in [3.05, 3.63) is 34.9 Å². The van der Waals surface area contributed by atoms with E-state index in [1.165, 1.54) is 12.8 Å². The molecular weight excluding hydrogens is 352 g/mol. The van der Waals surface area contributed by atoms with Gasteiger partial charge >= 0.3 is 11.9 Å². The number of unbranched alkanes of at least 4 members (excludes halogenated alkanes) is 3. The van der Waals surface area contributed by atoms with E-state index in [9.17, 15) is 9.59 Å². The van der Waals surface area contributed by atoms with E-state index in [4.69, 9.17) is 9.47 Å². The van der Waals surface area contributed by atoms with Crippen LogP contribution < -0.4 is 0 Å². The molecule has 0 bridgehead atoms. The first-order chi connectivity index (χ1) is 12.9. The molecule has 0 N–H and O–H groups in total. The average molecular weight is 391 g/mol. The molecule has 1 aromatic rings. The summed E-state index contributed by atoms with van der Waals surface area (Å²) in [5.41, 5.74) is 1.35. The normalized spacial score (nSPS) is 12.0. The number of hydrogen-bond donors (Lipinski definition) is 0. The monoisotopic (exact) mass is 390 g/mol. The molecule has 1 aromatic carbocycles. The van der Waals surface area contributed by atoms with Gasteiger partial charge in [0.25, 0.3) is 0 Å². The second-order valence-electron chi connectivity index (χ2n) is 9.96. The van der Waals surface area contributed by atoms with Crippen molar-refractivity contribution in [3.8, 4) is 0 Å². The van der Waals surface area contributed by atoms with Gasteiger partial charge in [-0.05, 0) is 41.4 Å². The van der Waals surface area contributed by atoms with Crippen LogP contribution in [0.25, 0.3) is 0 Å². The van der Waals surface area contributed by atoms with E-state index >= 15 is 0 Å². The highest BCUT2D eigenvalue weighted by atomic mass is 16.5. The van der Waals surface area contributed by atoms with Crippen LogP contribution in [0.1, 0.15) is 100 Å². The second-order valence-corrected chi connectivity index (χ2v) is 9.96. The van der Waals surface area contributed by atoms with E-state index in [-0.39, 0.29) is 16.4 Å². The molecule has 0 saturated carbocycles. The molecule has 0 atom stereocenters. The van der Waals surface area contributed by atoms with Gasteiger partial charge in [0.15, 0.2) is 0 Å². The Morgan fingerprint density at radius 2 is 1.32 bits per heavy atom. The van der Waals surface area contributed by atoms with Gasteiger partial charge in [0, 0.05) is 0 Å². The molecule has 0 aromatic heterocycles. The maximum absolute atomic E-state index is 12.7. The predicted octanol–water partition coefficient (Wildman–Crippen LogP) is 6.22. The number of rotatable bonds is 9. The summed E-state index contributed by atoms with van der Waals surface area (Å²) in [6, 6.07) is 5.42. The summed E-state index contributed by atoms with van der Waals surface area (Å²) < 4.78 is 10.9. The van der Waals surface area contributed by atoms with Gasteiger partial charge in [-0.25, -0.2) is 9.59 Å². The van der Waals surface area contributed by atoms with E-state index in [0.717, 1.165) is 24.8 Å². The number of ether oxygens (including phenoxy) is 2. The Balaban J connectivity index is 3.01. The highest BCUT2D eigenvalue weighted by molar-refractivity contribution is 6.03. The molecule has 28 heavy (non-hydrogen) atoms. The van der Waals surface area contributed by atoms with Crippen molar-refractivity contribution < 1.29 is 19.1 Å². The standard InChI is InChI=1S/C24H38O4/c1-8-9-10-11-12-18-13-14-19(21(25)27-16-23(2,3)4)20(15-18)22(26)28-17-24(5,6)7/h13-15H,8-12,16-17H2,1-7H3. The van der Waals surface area contributed by atoms with E-state index in [0.29, 0.717) is 18.8 Å². The van der Waals surface area contributed by atoms with Crippen molar-refractivity contribution in [2.45, 2.75) is 80.6 Å². The summed E-state index contributed by atoms with van der Waals surface area (Å²) in [5.74, 6) is -0.941. The van der Waals surface area contributed by atoms with Crippen LogP contribution in [0.3, 0.4) is 0 Å². The van der Waals surface area contributed by atoms with Crippen molar-refractivity contribution in [2.75, 3.05) is 13.2 Å². The van der Waals surface area contributed by atoms with Crippen LogP contribution in [0.5, 0.6) is 0 Å². The van der Waals surface area contributed by atoms with E-state index in [1.54, 1.807) is 12.1 Å². The molecule has 0 unspecified atom stereocenters. The van der Waals surface area contributed by atoms with Crippen molar-refractivity contribution in [1.29, 1.82) is 0 Å². The van der Waals surface area contributed by atoms with Gasteiger partial charge in [0.1, 0.15) is 0 Å². The molecule has 0 heterocycles. The summed E-state index contributed by atoms with van der Waals surface area (Å²) in [5, 5.41) is 0. The second kappa shape index (κ2) is 10.6. The molecule has 0 aliphatic carbocycles. The third-order valence-electron chi connectivity index (χ3n) is 4.12. The molecule has 0 aliphatic heterocycles. The van der Waals surface area contributed by atoms with Crippen LogP contribution >= 0.6 is 0 Å². The van der Waals surface area contributed by atoms with Crippen LogP contribution in [0.15, 0.2) is 18.2 Å². The average Bonchev–Trinajstić information content (AvgIpc) is 2.60. The van der Waals surface area contributed by atoms with Gasteiger partial charge in [-0.15, -0.1) is 0 Å². The molecule has 4 nitrogen and oxygen atoms in total. The third kappa shape index (κ3) is 9.38. The van der Waals surface area contributed by atoms with Crippen LogP contribution in [-0.2, 0) is 15.9 Å². The summed E-state index contributed by atoms with van der Waals surface area (Å²) in [6.07, 6.45) is 5.51. The van der Waals surface area contributed by atoms with Gasteiger partial charge < -0.3 is 9.47 Å². The fourth-order valence-corrected chi connectivity index (χ4v) is 2.57. The van der Waals surface area contributed by atoms with Crippen molar-refractivity contribution in [2.24, 2.45) is 10.8 Å². The van der Waals surface area contributed by atoms with E-state index < -0.39 is 11.9 Å². The van der Waals surface area contributed by atoms with E-state index in [1.807, 2.05) is 47.6 Å². The number of carbonyl (C=O) groups excluding carboxylic acids is 2. The van der Waals surface area contributed by atoms with Crippen molar-refractivity contribution in [3.63, 3.8) is 0 Å². The lowest BCUT2D eigenvalue weighted by molar-refractivity contribution is 0.0322. The minimum atomic E-state index is -0.477. The zero-order chi connectivity index (χ0) is 21.4. The van der Waals surface area contributed by atoms with Crippen LogP contribution in [-0.4, -0.2) is 25.2 Å². The number of benzene rings is 1. The highest BCUT2D eigenvalue weighted by Crippen LogP contribution is 2.21. The third-order valence-corrected chi connectivity index (χ3v) is 4.12. The fraction of sp³-hybridized carbons (Fsp3) is 0.667. The molecule has 0 amide bonds. The molecule has 158 valence electrons. The number of aryl methyl sites for hydroxylation is 1. The van der Waals surface area contributed by atoms with Gasteiger partial charge in [-0.2, -0.15) is 0 Å². The van der Waals surface area contributed by atoms with Crippen LogP contribution in [0, 0.1) is 10.8 Å². The Hall–Kier alpha value is -1.84. The summed E-state index contributed by atoms with van der Waals surface area (Å²) in [6.45, 7) is 14.8. The molecule has 0 radical (unpaired) electrons. The molecule has 0 aliphatic rings. The molecule has 0 spiro atoms. The van der Waals surface area contributed by atoms with Crippen LogP contribution in [0.2, 0.25) is 0 Å². The Morgan fingerprint density at radius 3 is 1.82 bits per heavy atom. The van der Waals surface area contributed by atoms with Crippen LogP contribution in [0.4, 0.5) is 0 Å². The summed E-state index contributed by atoms with van der Waals surface area (Å²) >= 11 is 0. The SMILES string of the molecule is CCCCCCc1ccc(C(=O)OCC(C)(C)C)c(C(=O)OCC(C)(C)C)c1. The zero-order valence-corrected chi connectivity index (χ0v) is 18.8. The number of esters is 2. The summed E-state index contributed by atoms with van der Waals surface area (Å²) in [7, 11) is 0. The van der Waals surface area contributed by atoms with Gasteiger partial charge in [0.2, 0.25) is 0 Å². The molecular formula is C24H38O4. The molecule has 0 saturated heterocycles. The minimum Gasteiger partial charge on any atom is -0.462 e. The maximum atomic E-state index is 12.7. The Morgan fingerprint density at radius 1 is 0.786 bits per heavy atom. The first-order valence-electron chi connectivity index (χ1n) is 10.4. The van der Waals surface area contributed by atoms with Crippen molar-refractivity contribution >= 4 is 11.9 Å². The Labute approximate surface area is 171 Å². The van der Waals surface area contributed by atoms with E-state index in [2.05, 4.69) is 6.92 Å². The molecule has 1 rings (SSSR count). The predicted molar refractivity (Wildman–Crippen MR) is 114 cm³/mol. The fourth-order valence-electron chi connectivity index (χ4n) is 2.57.